The predicted molar refractivity (Wildman–Crippen MR) is 111 cm³/mol. The third kappa shape index (κ3) is 3.79. The molecule has 1 heterocycles. The van der Waals surface area contributed by atoms with Gasteiger partial charge in [0, 0.05) is 17.3 Å². The van der Waals surface area contributed by atoms with Crippen molar-refractivity contribution in [1.29, 1.82) is 0 Å². The lowest BCUT2D eigenvalue weighted by molar-refractivity contribution is 0.0980. The molecule has 0 aliphatic carbocycles. The lowest BCUT2D eigenvalue weighted by Crippen LogP contribution is -2.35. The molecule has 0 radical (unpaired) electrons. The van der Waals surface area contributed by atoms with Gasteiger partial charge in [0.15, 0.2) is 11.5 Å². The molecule has 150 valence electrons. The zero-order valence-corrected chi connectivity index (χ0v) is 17.4. The number of nitrogens with zero attached hydrogens (tertiary/aromatic N) is 1. The van der Waals surface area contributed by atoms with Crippen LogP contribution in [0.5, 0.6) is 17.2 Å². The second kappa shape index (κ2) is 8.55. The summed E-state index contributed by atoms with van der Waals surface area (Å²) in [5.41, 5.74) is 3.93. The van der Waals surface area contributed by atoms with Gasteiger partial charge in [-0.2, -0.15) is 0 Å². The van der Waals surface area contributed by atoms with Crippen LogP contribution in [0, 0.1) is 6.92 Å². The Bertz CT molecular complexity index is 835. The van der Waals surface area contributed by atoms with Crippen LogP contribution in [0.4, 0.5) is 5.69 Å². The van der Waals surface area contributed by atoms with E-state index in [4.69, 9.17) is 14.2 Å². The number of hydrogen-bond acceptors (Lipinski definition) is 4. The van der Waals surface area contributed by atoms with Gasteiger partial charge < -0.3 is 19.1 Å². The summed E-state index contributed by atoms with van der Waals surface area (Å²) in [5.74, 6) is 1.57. The summed E-state index contributed by atoms with van der Waals surface area (Å²) in [6.45, 7) is 11.3. The van der Waals surface area contributed by atoms with Crippen molar-refractivity contribution in [3.8, 4) is 17.2 Å². The molecule has 2 aromatic rings. The molecule has 0 saturated heterocycles. The molecule has 5 heteroatoms. The van der Waals surface area contributed by atoms with Crippen LogP contribution >= 0.6 is 0 Å². The number of anilines is 1. The Kier molecular flexibility index (Phi) is 6.12. The van der Waals surface area contributed by atoms with Crippen LogP contribution in [-0.4, -0.2) is 31.8 Å². The van der Waals surface area contributed by atoms with Crippen molar-refractivity contribution in [3.63, 3.8) is 0 Å². The standard InChI is InChI=1S/C23H29NO4/c1-6-26-20-13-18(14-21(27-7-2)22(20)28-8-3)23(25)24-16(5)12-17-11-15(4)9-10-19(17)24/h9-11,13-14,16H,6-8,12H2,1-5H3. The molecule has 0 N–H and O–H groups in total. The number of hydrogen-bond donors (Lipinski definition) is 0. The zero-order valence-electron chi connectivity index (χ0n) is 17.4. The summed E-state index contributed by atoms with van der Waals surface area (Å²) in [6, 6.07) is 9.87. The first kappa shape index (κ1) is 20.1. The van der Waals surface area contributed by atoms with Gasteiger partial charge in [-0.1, -0.05) is 17.7 Å². The Hall–Kier alpha value is -2.69. The average molecular weight is 383 g/mol. The van der Waals surface area contributed by atoms with E-state index in [1.807, 2.05) is 37.8 Å². The second-order valence-corrected chi connectivity index (χ2v) is 6.96. The number of amides is 1. The van der Waals surface area contributed by atoms with Gasteiger partial charge >= 0.3 is 0 Å². The zero-order chi connectivity index (χ0) is 20.3. The quantitative estimate of drug-likeness (QED) is 0.690. The molecule has 5 nitrogen and oxygen atoms in total. The number of fused-ring (bicyclic) bond motifs is 1. The monoisotopic (exact) mass is 383 g/mol. The Morgan fingerprint density at radius 3 is 2.18 bits per heavy atom. The lowest BCUT2D eigenvalue weighted by Gasteiger charge is -2.24. The molecule has 0 fully saturated rings. The summed E-state index contributed by atoms with van der Waals surface area (Å²) in [5, 5.41) is 0. The van der Waals surface area contributed by atoms with Crippen LogP contribution in [0.25, 0.3) is 0 Å². The van der Waals surface area contributed by atoms with Crippen molar-refractivity contribution in [2.24, 2.45) is 0 Å². The van der Waals surface area contributed by atoms with Crippen molar-refractivity contribution in [3.05, 3.63) is 47.0 Å². The topological polar surface area (TPSA) is 48.0 Å². The van der Waals surface area contributed by atoms with Crippen LogP contribution in [0.15, 0.2) is 30.3 Å². The van der Waals surface area contributed by atoms with Gasteiger partial charge in [0.2, 0.25) is 5.75 Å². The molecule has 0 aromatic heterocycles. The molecule has 2 aromatic carbocycles. The first-order chi connectivity index (χ1) is 13.5. The van der Waals surface area contributed by atoms with Crippen molar-refractivity contribution < 1.29 is 19.0 Å². The Morgan fingerprint density at radius 1 is 1.00 bits per heavy atom. The van der Waals surface area contributed by atoms with E-state index in [0.29, 0.717) is 42.6 Å². The van der Waals surface area contributed by atoms with Crippen LogP contribution in [0.3, 0.4) is 0 Å². The number of benzene rings is 2. The fourth-order valence-electron chi connectivity index (χ4n) is 3.72. The van der Waals surface area contributed by atoms with E-state index in [1.165, 1.54) is 11.1 Å². The highest BCUT2D eigenvalue weighted by molar-refractivity contribution is 6.08. The molecule has 1 aliphatic heterocycles. The van der Waals surface area contributed by atoms with Crippen molar-refractivity contribution in [1.82, 2.24) is 0 Å². The molecule has 1 amide bonds. The first-order valence-electron chi connectivity index (χ1n) is 9.99. The molecule has 3 rings (SSSR count). The fourth-order valence-corrected chi connectivity index (χ4v) is 3.72. The minimum atomic E-state index is -0.0555. The fraction of sp³-hybridized carbons (Fsp3) is 0.435. The summed E-state index contributed by atoms with van der Waals surface area (Å²) >= 11 is 0. The van der Waals surface area contributed by atoms with Gasteiger partial charge in [-0.25, -0.2) is 0 Å². The third-order valence-electron chi connectivity index (χ3n) is 4.83. The van der Waals surface area contributed by atoms with E-state index in [-0.39, 0.29) is 11.9 Å². The number of carbonyl (C=O) groups excluding carboxylic acids is 1. The maximum Gasteiger partial charge on any atom is 0.258 e. The molecular formula is C23H29NO4. The van der Waals surface area contributed by atoms with Gasteiger partial charge in [-0.05, 0) is 64.8 Å². The molecule has 0 bridgehead atoms. The molecule has 1 aliphatic rings. The molecule has 1 atom stereocenters. The molecule has 1 unspecified atom stereocenters. The molecular weight excluding hydrogens is 354 g/mol. The van der Waals surface area contributed by atoms with E-state index < -0.39 is 0 Å². The number of rotatable bonds is 7. The van der Waals surface area contributed by atoms with E-state index in [1.54, 1.807) is 12.1 Å². The molecule has 28 heavy (non-hydrogen) atoms. The van der Waals surface area contributed by atoms with Crippen LogP contribution in [0.1, 0.15) is 49.2 Å². The van der Waals surface area contributed by atoms with Gasteiger partial charge in [0.05, 0.1) is 19.8 Å². The van der Waals surface area contributed by atoms with E-state index >= 15 is 0 Å². The summed E-state index contributed by atoms with van der Waals surface area (Å²) in [6.07, 6.45) is 0.858. The maximum absolute atomic E-state index is 13.5. The highest BCUT2D eigenvalue weighted by Crippen LogP contribution is 2.41. The van der Waals surface area contributed by atoms with E-state index in [9.17, 15) is 4.79 Å². The summed E-state index contributed by atoms with van der Waals surface area (Å²) in [7, 11) is 0. The lowest BCUT2D eigenvalue weighted by atomic mass is 10.1. The summed E-state index contributed by atoms with van der Waals surface area (Å²) in [4.78, 5) is 15.3. The largest absolute Gasteiger partial charge is 0.490 e. The van der Waals surface area contributed by atoms with Gasteiger partial charge in [0.1, 0.15) is 0 Å². The molecule has 0 spiro atoms. The van der Waals surface area contributed by atoms with Gasteiger partial charge in [-0.3, -0.25) is 4.79 Å². The summed E-state index contributed by atoms with van der Waals surface area (Å²) < 4.78 is 17.3. The van der Waals surface area contributed by atoms with Crippen LogP contribution in [-0.2, 0) is 6.42 Å². The van der Waals surface area contributed by atoms with Crippen molar-refractivity contribution in [2.45, 2.75) is 47.1 Å². The smallest absolute Gasteiger partial charge is 0.258 e. The molecule has 0 saturated carbocycles. The first-order valence-corrected chi connectivity index (χ1v) is 9.99. The van der Waals surface area contributed by atoms with Crippen molar-refractivity contribution >= 4 is 11.6 Å². The normalized spacial score (nSPS) is 15.3. The maximum atomic E-state index is 13.5. The number of ether oxygens (including phenoxy) is 3. The van der Waals surface area contributed by atoms with Crippen LogP contribution in [0.2, 0.25) is 0 Å². The second-order valence-electron chi connectivity index (χ2n) is 6.96. The third-order valence-corrected chi connectivity index (χ3v) is 4.83. The number of carbonyl (C=O) groups is 1. The van der Waals surface area contributed by atoms with Crippen LogP contribution < -0.4 is 19.1 Å². The minimum absolute atomic E-state index is 0.0555. The Balaban J connectivity index is 2.04. The van der Waals surface area contributed by atoms with E-state index in [2.05, 4.69) is 19.9 Å². The van der Waals surface area contributed by atoms with E-state index in [0.717, 1.165) is 12.1 Å². The minimum Gasteiger partial charge on any atom is -0.490 e. The Morgan fingerprint density at radius 2 is 1.61 bits per heavy atom. The average Bonchev–Trinajstić information content (AvgIpc) is 2.98. The highest BCUT2D eigenvalue weighted by Gasteiger charge is 2.32. The van der Waals surface area contributed by atoms with Gasteiger partial charge in [0.25, 0.3) is 5.91 Å². The van der Waals surface area contributed by atoms with Crippen molar-refractivity contribution in [2.75, 3.05) is 24.7 Å². The number of aryl methyl sites for hydroxylation is 1. The SMILES string of the molecule is CCOc1cc(C(=O)N2c3ccc(C)cc3CC2C)cc(OCC)c1OCC. The van der Waals surface area contributed by atoms with Gasteiger partial charge in [-0.15, -0.1) is 0 Å². The predicted octanol–water partition coefficient (Wildman–Crippen LogP) is 4.78. The highest BCUT2D eigenvalue weighted by atomic mass is 16.5. The Labute approximate surface area is 167 Å².